The van der Waals surface area contributed by atoms with E-state index in [1.165, 1.54) is 27.9 Å². The van der Waals surface area contributed by atoms with E-state index >= 15 is 0 Å². The highest BCUT2D eigenvalue weighted by atomic mass is 33.1. The lowest BCUT2D eigenvalue weighted by atomic mass is 10.2. The second kappa shape index (κ2) is 7.00. The smallest absolute Gasteiger partial charge is 0.167 e. The SMILES string of the molecule is Nc1ncnc2c1ncn2[C@H]1C[C@@](O)(SSc2ccccn2)[C@@H](CO)O1. The molecule has 0 radical (unpaired) electrons. The Labute approximate surface area is 156 Å². The summed E-state index contributed by atoms with van der Waals surface area (Å²) in [5.41, 5.74) is 6.81. The molecular weight excluding hydrogens is 376 g/mol. The van der Waals surface area contributed by atoms with Gasteiger partial charge in [-0.15, -0.1) is 0 Å². The predicted octanol–water partition coefficient (Wildman–Crippen LogP) is 1.21. The van der Waals surface area contributed by atoms with Crippen LogP contribution in [-0.2, 0) is 4.74 Å². The van der Waals surface area contributed by atoms with Gasteiger partial charge in [-0.25, -0.2) is 19.9 Å². The summed E-state index contributed by atoms with van der Waals surface area (Å²) >= 11 is 0. The maximum atomic E-state index is 11.0. The Morgan fingerprint density at radius 1 is 1.31 bits per heavy atom. The van der Waals surface area contributed by atoms with Crippen molar-refractivity contribution in [2.45, 2.75) is 28.7 Å². The van der Waals surface area contributed by atoms with Crippen molar-refractivity contribution in [2.24, 2.45) is 0 Å². The summed E-state index contributed by atoms with van der Waals surface area (Å²) in [5, 5.41) is 21.5. The van der Waals surface area contributed by atoms with Gasteiger partial charge in [-0.1, -0.05) is 6.07 Å². The van der Waals surface area contributed by atoms with Gasteiger partial charge in [-0.3, -0.25) is 4.57 Å². The first-order chi connectivity index (χ1) is 12.6. The maximum absolute atomic E-state index is 11.0. The van der Waals surface area contributed by atoms with Gasteiger partial charge in [0, 0.05) is 12.6 Å². The van der Waals surface area contributed by atoms with Crippen LogP contribution >= 0.6 is 21.6 Å². The molecule has 1 aliphatic heterocycles. The van der Waals surface area contributed by atoms with Crippen molar-refractivity contribution in [3.05, 3.63) is 37.1 Å². The summed E-state index contributed by atoms with van der Waals surface area (Å²) in [7, 11) is 2.55. The summed E-state index contributed by atoms with van der Waals surface area (Å²) in [6.07, 6.45) is 3.55. The van der Waals surface area contributed by atoms with Crippen molar-refractivity contribution in [1.29, 1.82) is 0 Å². The predicted molar refractivity (Wildman–Crippen MR) is 98.0 cm³/mol. The number of imidazole rings is 1. The second-order valence-corrected chi connectivity index (χ2v) is 8.19. The number of anilines is 1. The first kappa shape index (κ1) is 17.5. The summed E-state index contributed by atoms with van der Waals surface area (Å²) in [5.74, 6) is 0.279. The van der Waals surface area contributed by atoms with Gasteiger partial charge in [0.25, 0.3) is 0 Å². The molecule has 0 saturated carbocycles. The average molecular weight is 392 g/mol. The standard InChI is InChI=1S/C15H16N6O3S2/c16-13-12-14(19-7-18-13)21(8-20-12)11-5-15(23,9(6-22)24-11)26-25-10-3-1-2-4-17-10/h1-4,7-9,11,22-23H,5-6H2,(H2,16,18,19)/t9-,11-,15-/m1/s1. The van der Waals surface area contributed by atoms with Crippen molar-refractivity contribution in [1.82, 2.24) is 24.5 Å². The zero-order chi connectivity index (χ0) is 18.1. The topological polar surface area (TPSA) is 132 Å². The van der Waals surface area contributed by atoms with E-state index in [4.69, 9.17) is 10.5 Å². The van der Waals surface area contributed by atoms with Crippen LogP contribution in [0, 0.1) is 0 Å². The molecule has 0 aliphatic carbocycles. The van der Waals surface area contributed by atoms with Gasteiger partial charge in [-0.2, -0.15) is 0 Å². The number of hydrogen-bond donors (Lipinski definition) is 3. The van der Waals surface area contributed by atoms with Crippen molar-refractivity contribution >= 4 is 38.6 Å². The lowest BCUT2D eigenvalue weighted by Gasteiger charge is -2.24. The van der Waals surface area contributed by atoms with Crippen molar-refractivity contribution in [3.63, 3.8) is 0 Å². The quantitative estimate of drug-likeness (QED) is 0.430. The van der Waals surface area contributed by atoms with Gasteiger partial charge >= 0.3 is 0 Å². The van der Waals surface area contributed by atoms with Crippen molar-refractivity contribution < 1.29 is 14.9 Å². The van der Waals surface area contributed by atoms with E-state index in [1.54, 1.807) is 17.1 Å². The Hall–Kier alpha value is -1.92. The Morgan fingerprint density at radius 3 is 2.96 bits per heavy atom. The van der Waals surface area contributed by atoms with E-state index in [2.05, 4.69) is 19.9 Å². The Balaban J connectivity index is 1.57. The van der Waals surface area contributed by atoms with E-state index in [1.807, 2.05) is 18.2 Å². The largest absolute Gasteiger partial charge is 0.394 e. The van der Waals surface area contributed by atoms with Crippen LogP contribution in [0.2, 0.25) is 0 Å². The van der Waals surface area contributed by atoms with Crippen molar-refractivity contribution in [3.8, 4) is 0 Å². The summed E-state index contributed by atoms with van der Waals surface area (Å²) in [6.45, 7) is -0.313. The van der Waals surface area contributed by atoms with Gasteiger partial charge in [0.1, 0.15) is 29.2 Å². The number of fused-ring (bicyclic) bond motifs is 1. The van der Waals surface area contributed by atoms with Gasteiger partial charge in [0.2, 0.25) is 0 Å². The van der Waals surface area contributed by atoms with Gasteiger partial charge in [-0.05, 0) is 33.7 Å². The third-order valence-electron chi connectivity index (χ3n) is 4.06. The number of rotatable bonds is 5. The minimum atomic E-state index is -1.29. The molecule has 0 amide bonds. The number of ether oxygens (including phenoxy) is 1. The van der Waals surface area contributed by atoms with Crippen LogP contribution < -0.4 is 5.73 Å². The van der Waals surface area contributed by atoms with Crippen LogP contribution in [0.4, 0.5) is 5.82 Å². The number of aliphatic hydroxyl groups is 2. The number of hydrogen-bond acceptors (Lipinski definition) is 10. The number of aromatic nitrogens is 5. The Morgan fingerprint density at radius 2 is 2.19 bits per heavy atom. The third-order valence-corrected chi connectivity index (χ3v) is 6.91. The van der Waals surface area contributed by atoms with E-state index in [-0.39, 0.29) is 18.8 Å². The molecule has 1 saturated heterocycles. The van der Waals surface area contributed by atoms with Crippen LogP contribution in [0.3, 0.4) is 0 Å². The van der Waals surface area contributed by atoms with E-state index < -0.39 is 17.3 Å². The molecular formula is C15H16N6O3S2. The molecule has 0 aromatic carbocycles. The molecule has 11 heteroatoms. The fraction of sp³-hybridized carbons (Fsp3) is 0.333. The lowest BCUT2D eigenvalue weighted by molar-refractivity contribution is -0.0508. The maximum Gasteiger partial charge on any atom is 0.167 e. The highest BCUT2D eigenvalue weighted by Gasteiger charge is 2.49. The molecule has 0 bridgehead atoms. The first-order valence-electron chi connectivity index (χ1n) is 7.79. The number of nitrogens with zero attached hydrogens (tertiary/aromatic N) is 5. The molecule has 0 unspecified atom stereocenters. The molecule has 9 nitrogen and oxygen atoms in total. The van der Waals surface area contributed by atoms with Crippen molar-refractivity contribution in [2.75, 3.05) is 12.3 Å². The molecule has 4 N–H and O–H groups in total. The first-order valence-corrected chi connectivity index (χ1v) is 9.94. The summed E-state index contributed by atoms with van der Waals surface area (Å²) < 4.78 is 7.57. The minimum absolute atomic E-state index is 0.248. The summed E-state index contributed by atoms with van der Waals surface area (Å²) in [6, 6.07) is 5.55. The fourth-order valence-electron chi connectivity index (χ4n) is 2.75. The van der Waals surface area contributed by atoms with Crippen LogP contribution in [0.1, 0.15) is 12.6 Å². The monoisotopic (exact) mass is 392 g/mol. The normalized spacial score (nSPS) is 25.8. The molecule has 1 aliphatic rings. The van der Waals surface area contributed by atoms with Gasteiger partial charge < -0.3 is 20.7 Å². The van der Waals surface area contributed by atoms with Gasteiger partial charge in [0.15, 0.2) is 16.4 Å². The summed E-state index contributed by atoms with van der Waals surface area (Å²) in [4.78, 5) is 15.3. The molecule has 26 heavy (non-hydrogen) atoms. The molecule has 1 fully saturated rings. The number of nitrogens with two attached hydrogens (primary N) is 1. The zero-order valence-electron chi connectivity index (χ0n) is 13.5. The highest BCUT2D eigenvalue weighted by molar-refractivity contribution is 8.77. The van der Waals surface area contributed by atoms with E-state index in [0.717, 1.165) is 5.03 Å². The van der Waals surface area contributed by atoms with E-state index in [0.29, 0.717) is 11.2 Å². The molecule has 3 atom stereocenters. The third kappa shape index (κ3) is 3.12. The molecule has 0 spiro atoms. The number of pyridine rings is 1. The fourth-order valence-corrected chi connectivity index (χ4v) is 5.18. The van der Waals surface area contributed by atoms with E-state index in [9.17, 15) is 10.2 Å². The lowest BCUT2D eigenvalue weighted by Crippen LogP contribution is -2.36. The molecule has 3 aromatic heterocycles. The second-order valence-electron chi connectivity index (χ2n) is 5.73. The average Bonchev–Trinajstić information content (AvgIpc) is 3.23. The van der Waals surface area contributed by atoms with Crippen LogP contribution in [0.25, 0.3) is 11.2 Å². The van der Waals surface area contributed by atoms with Crippen LogP contribution in [0.5, 0.6) is 0 Å². The Kier molecular flexibility index (Phi) is 4.71. The highest BCUT2D eigenvalue weighted by Crippen LogP contribution is 2.50. The number of aliphatic hydroxyl groups excluding tert-OH is 1. The minimum Gasteiger partial charge on any atom is -0.394 e. The molecule has 3 aromatic rings. The van der Waals surface area contributed by atoms with Crippen LogP contribution in [0.15, 0.2) is 42.1 Å². The van der Waals surface area contributed by atoms with Gasteiger partial charge in [0.05, 0.1) is 12.9 Å². The zero-order valence-corrected chi connectivity index (χ0v) is 15.1. The molecule has 4 rings (SSSR count). The Bertz CT molecular complexity index is 911. The molecule has 136 valence electrons. The number of nitrogen functional groups attached to an aromatic ring is 1. The molecule has 4 heterocycles. The van der Waals surface area contributed by atoms with Crippen LogP contribution in [-0.4, -0.2) is 52.4 Å².